The number of hydrogen-bond donors (Lipinski definition) is 3. The van der Waals surface area contributed by atoms with Crippen LogP contribution in [-0.4, -0.2) is 36.2 Å². The Morgan fingerprint density at radius 1 is 1.14 bits per heavy atom. The van der Waals surface area contributed by atoms with Crippen LogP contribution in [-0.2, 0) is 20.0 Å². The molecule has 1 unspecified atom stereocenters. The van der Waals surface area contributed by atoms with Crippen LogP contribution in [0.5, 0.6) is 0 Å². The molecule has 1 atom stereocenters. The van der Waals surface area contributed by atoms with E-state index in [0.29, 0.717) is 6.42 Å². The normalized spacial score (nSPS) is 14.0. The molecule has 0 radical (unpaired) electrons. The van der Waals surface area contributed by atoms with E-state index in [9.17, 15) is 16.8 Å². The molecule has 0 heterocycles. The Morgan fingerprint density at radius 3 is 2.33 bits per heavy atom. The van der Waals surface area contributed by atoms with Gasteiger partial charge in [0, 0.05) is 19.1 Å². The maximum absolute atomic E-state index is 12.1. The lowest BCUT2D eigenvalue weighted by molar-refractivity contribution is 0.573. The van der Waals surface area contributed by atoms with Crippen LogP contribution in [0.1, 0.15) is 24.9 Å². The van der Waals surface area contributed by atoms with Crippen molar-refractivity contribution < 1.29 is 16.8 Å². The summed E-state index contributed by atoms with van der Waals surface area (Å²) in [5.41, 5.74) is 6.63. The molecule has 9 heteroatoms. The summed E-state index contributed by atoms with van der Waals surface area (Å²) in [6, 6.07) is 6.19. The zero-order chi connectivity index (χ0) is 16.1. The quantitative estimate of drug-likeness (QED) is 0.574. The average molecular weight is 335 g/mol. The lowest BCUT2D eigenvalue weighted by Crippen LogP contribution is -2.34. The third kappa shape index (κ3) is 6.10. The van der Waals surface area contributed by atoms with Gasteiger partial charge in [-0.1, -0.05) is 19.1 Å². The van der Waals surface area contributed by atoms with E-state index in [1.54, 1.807) is 12.1 Å². The van der Waals surface area contributed by atoms with Crippen LogP contribution in [0.25, 0.3) is 0 Å². The second kappa shape index (κ2) is 7.32. The summed E-state index contributed by atoms with van der Waals surface area (Å²) in [7, 11) is -7.01. The zero-order valence-electron chi connectivity index (χ0n) is 12.0. The van der Waals surface area contributed by atoms with E-state index >= 15 is 0 Å². The Morgan fingerprint density at radius 2 is 1.76 bits per heavy atom. The first-order chi connectivity index (χ1) is 9.65. The molecule has 0 aromatic heterocycles. The molecule has 0 aliphatic carbocycles. The van der Waals surface area contributed by atoms with Crippen molar-refractivity contribution in [3.63, 3.8) is 0 Å². The molecular weight excluding hydrogens is 314 g/mol. The molecular formula is C12H21N3O4S2. The molecule has 0 aliphatic rings. The van der Waals surface area contributed by atoms with Crippen LogP contribution in [0.15, 0.2) is 29.2 Å². The van der Waals surface area contributed by atoms with Crippen LogP contribution < -0.4 is 15.2 Å². The summed E-state index contributed by atoms with van der Waals surface area (Å²) in [5, 5.41) is 0. The number of rotatable bonds is 8. The van der Waals surface area contributed by atoms with E-state index < -0.39 is 20.0 Å². The molecule has 21 heavy (non-hydrogen) atoms. The summed E-state index contributed by atoms with van der Waals surface area (Å²) in [5.74, 6) is 0. The number of nitrogens with two attached hydrogens (primary N) is 1. The van der Waals surface area contributed by atoms with Crippen LogP contribution in [0, 0.1) is 0 Å². The number of nitrogens with one attached hydrogen (secondary N) is 2. The Kier molecular flexibility index (Phi) is 6.29. The van der Waals surface area contributed by atoms with Crippen LogP contribution in [0.4, 0.5) is 0 Å². The van der Waals surface area contributed by atoms with Crippen molar-refractivity contribution in [2.24, 2.45) is 5.73 Å². The molecule has 4 N–H and O–H groups in total. The molecule has 0 saturated carbocycles. The minimum Gasteiger partial charge on any atom is -0.324 e. The van der Waals surface area contributed by atoms with Crippen molar-refractivity contribution in [1.82, 2.24) is 9.44 Å². The minimum atomic E-state index is -3.68. The molecule has 0 spiro atoms. The van der Waals surface area contributed by atoms with Gasteiger partial charge in [0.2, 0.25) is 20.0 Å². The first-order valence-electron chi connectivity index (χ1n) is 6.45. The van der Waals surface area contributed by atoms with Crippen LogP contribution >= 0.6 is 0 Å². The Balaban J connectivity index is 2.74. The standard InChI is InChI=1S/C12H21N3O4S2/c1-3-12(13)10-5-4-6-11(9-10)21(18,19)15-8-7-14-20(2,16)17/h4-6,9,12,14-15H,3,7-8,13H2,1-2H3. The Hall–Kier alpha value is -1.00. The fourth-order valence-corrected chi connectivity index (χ4v) is 3.21. The van der Waals surface area contributed by atoms with Crippen LogP contribution in [0.3, 0.4) is 0 Å². The van der Waals surface area contributed by atoms with Crippen molar-refractivity contribution >= 4 is 20.0 Å². The van der Waals surface area contributed by atoms with Gasteiger partial charge in [0.1, 0.15) is 0 Å². The highest BCUT2D eigenvalue weighted by Crippen LogP contribution is 2.17. The summed E-state index contributed by atoms with van der Waals surface area (Å²) < 4.78 is 50.5. The predicted molar refractivity (Wildman–Crippen MR) is 81.7 cm³/mol. The third-order valence-corrected chi connectivity index (χ3v) is 5.00. The number of sulfonamides is 2. The minimum absolute atomic E-state index is 0.00771. The summed E-state index contributed by atoms with van der Waals surface area (Å²) in [6.45, 7) is 1.88. The second-order valence-electron chi connectivity index (χ2n) is 4.65. The maximum atomic E-state index is 12.1. The van der Waals surface area contributed by atoms with Crippen molar-refractivity contribution in [2.75, 3.05) is 19.3 Å². The first-order valence-corrected chi connectivity index (χ1v) is 9.83. The highest BCUT2D eigenvalue weighted by atomic mass is 32.2. The molecule has 0 fully saturated rings. The SMILES string of the molecule is CCC(N)c1cccc(S(=O)(=O)NCCNS(C)(=O)=O)c1. The van der Waals surface area contributed by atoms with Gasteiger partial charge in [0.25, 0.3) is 0 Å². The highest BCUT2D eigenvalue weighted by molar-refractivity contribution is 7.89. The van der Waals surface area contributed by atoms with Gasteiger partial charge in [-0.2, -0.15) is 0 Å². The third-order valence-electron chi connectivity index (χ3n) is 2.82. The average Bonchev–Trinajstić information content (AvgIpc) is 2.42. The predicted octanol–water partition coefficient (Wildman–Crippen LogP) is -0.0761. The summed E-state index contributed by atoms with van der Waals surface area (Å²) in [6.07, 6.45) is 1.71. The molecule has 0 saturated heterocycles. The van der Waals surface area contributed by atoms with Gasteiger partial charge in [-0.15, -0.1) is 0 Å². The second-order valence-corrected chi connectivity index (χ2v) is 8.25. The van der Waals surface area contributed by atoms with Gasteiger partial charge in [-0.05, 0) is 24.1 Å². The molecule has 0 bridgehead atoms. The van der Waals surface area contributed by atoms with E-state index in [-0.39, 0.29) is 24.0 Å². The highest BCUT2D eigenvalue weighted by Gasteiger charge is 2.15. The molecule has 1 aromatic rings. The van der Waals surface area contributed by atoms with Gasteiger partial charge >= 0.3 is 0 Å². The largest absolute Gasteiger partial charge is 0.324 e. The Labute approximate surface area is 126 Å². The van der Waals surface area contributed by atoms with E-state index in [4.69, 9.17) is 5.73 Å². The monoisotopic (exact) mass is 335 g/mol. The van der Waals surface area contributed by atoms with Gasteiger partial charge in [0.05, 0.1) is 11.2 Å². The van der Waals surface area contributed by atoms with Gasteiger partial charge < -0.3 is 5.73 Å². The van der Waals surface area contributed by atoms with E-state index in [0.717, 1.165) is 11.8 Å². The van der Waals surface area contributed by atoms with Crippen molar-refractivity contribution in [3.05, 3.63) is 29.8 Å². The Bertz CT molecular complexity index is 671. The zero-order valence-corrected chi connectivity index (χ0v) is 13.7. The molecule has 0 aliphatic heterocycles. The lowest BCUT2D eigenvalue weighted by atomic mass is 10.1. The van der Waals surface area contributed by atoms with Crippen molar-refractivity contribution in [2.45, 2.75) is 24.3 Å². The topological polar surface area (TPSA) is 118 Å². The van der Waals surface area contributed by atoms with Gasteiger partial charge in [0.15, 0.2) is 0 Å². The van der Waals surface area contributed by atoms with E-state index in [1.165, 1.54) is 12.1 Å². The van der Waals surface area contributed by atoms with Gasteiger partial charge in [-0.25, -0.2) is 26.3 Å². The first kappa shape index (κ1) is 18.1. The lowest BCUT2D eigenvalue weighted by Gasteiger charge is -2.12. The summed E-state index contributed by atoms with van der Waals surface area (Å²) >= 11 is 0. The van der Waals surface area contributed by atoms with Crippen molar-refractivity contribution in [1.29, 1.82) is 0 Å². The number of hydrogen-bond acceptors (Lipinski definition) is 5. The number of benzene rings is 1. The van der Waals surface area contributed by atoms with Gasteiger partial charge in [-0.3, -0.25) is 0 Å². The molecule has 7 nitrogen and oxygen atoms in total. The smallest absolute Gasteiger partial charge is 0.240 e. The van der Waals surface area contributed by atoms with E-state index in [2.05, 4.69) is 9.44 Å². The summed E-state index contributed by atoms with van der Waals surface area (Å²) in [4.78, 5) is 0.114. The molecule has 1 rings (SSSR count). The fourth-order valence-electron chi connectivity index (χ4n) is 1.65. The molecule has 1 aromatic carbocycles. The van der Waals surface area contributed by atoms with E-state index in [1.807, 2.05) is 6.92 Å². The van der Waals surface area contributed by atoms with Crippen molar-refractivity contribution in [3.8, 4) is 0 Å². The fraction of sp³-hybridized carbons (Fsp3) is 0.500. The van der Waals surface area contributed by atoms with Crippen LogP contribution in [0.2, 0.25) is 0 Å². The maximum Gasteiger partial charge on any atom is 0.240 e. The molecule has 120 valence electrons. The molecule has 0 amide bonds.